The fourth-order valence-electron chi connectivity index (χ4n) is 1.72. The first-order chi connectivity index (χ1) is 8.54. The fourth-order valence-corrected chi connectivity index (χ4v) is 1.72. The van der Waals surface area contributed by atoms with E-state index in [0.717, 1.165) is 5.56 Å². The van der Waals surface area contributed by atoms with Crippen molar-refractivity contribution in [2.45, 2.75) is 19.9 Å². The predicted molar refractivity (Wildman–Crippen MR) is 69.6 cm³/mol. The summed E-state index contributed by atoms with van der Waals surface area (Å²) in [7, 11) is 0. The van der Waals surface area contributed by atoms with E-state index in [-0.39, 0.29) is 11.9 Å². The van der Waals surface area contributed by atoms with Crippen LogP contribution in [0.25, 0.3) is 0 Å². The van der Waals surface area contributed by atoms with Gasteiger partial charge in [0.15, 0.2) is 0 Å². The van der Waals surface area contributed by atoms with E-state index >= 15 is 0 Å². The van der Waals surface area contributed by atoms with E-state index in [0.29, 0.717) is 17.5 Å². The lowest BCUT2D eigenvalue weighted by molar-refractivity contribution is 0.626. The maximum Gasteiger partial charge on any atom is 0.132 e. The third-order valence-electron chi connectivity index (χ3n) is 2.59. The summed E-state index contributed by atoms with van der Waals surface area (Å²) in [5, 5.41) is 3.21. The molecule has 3 N–H and O–H groups in total. The lowest BCUT2D eigenvalue weighted by Crippen LogP contribution is -2.09. The molecule has 2 aromatic rings. The molecule has 94 valence electrons. The fraction of sp³-hybridized carbons (Fsp3) is 0.231. The summed E-state index contributed by atoms with van der Waals surface area (Å²) < 4.78 is 12.8. The van der Waals surface area contributed by atoms with Gasteiger partial charge in [0.1, 0.15) is 23.3 Å². The van der Waals surface area contributed by atoms with Gasteiger partial charge >= 0.3 is 0 Å². The number of benzene rings is 1. The van der Waals surface area contributed by atoms with Crippen molar-refractivity contribution < 1.29 is 4.39 Å². The van der Waals surface area contributed by atoms with Crippen molar-refractivity contribution in [2.75, 3.05) is 11.1 Å². The SMILES string of the molecule is Cc1nc(N)cc(NC(C)c2ccc(F)cc2)n1. The second-order valence-corrected chi connectivity index (χ2v) is 4.14. The first-order valence-corrected chi connectivity index (χ1v) is 5.68. The molecule has 1 heterocycles. The summed E-state index contributed by atoms with van der Waals surface area (Å²) >= 11 is 0. The molecule has 0 radical (unpaired) electrons. The summed E-state index contributed by atoms with van der Waals surface area (Å²) in [6.07, 6.45) is 0. The van der Waals surface area contributed by atoms with Crippen LogP contribution in [0.3, 0.4) is 0 Å². The molecule has 4 nitrogen and oxygen atoms in total. The normalized spacial score (nSPS) is 12.2. The van der Waals surface area contributed by atoms with Crippen molar-refractivity contribution in [2.24, 2.45) is 0 Å². The Kier molecular flexibility index (Phi) is 3.41. The van der Waals surface area contributed by atoms with Crippen LogP contribution < -0.4 is 11.1 Å². The van der Waals surface area contributed by atoms with Crippen molar-refractivity contribution >= 4 is 11.6 Å². The molecule has 0 fully saturated rings. The first kappa shape index (κ1) is 12.3. The maximum atomic E-state index is 12.8. The quantitative estimate of drug-likeness (QED) is 0.874. The summed E-state index contributed by atoms with van der Waals surface area (Å²) in [6.45, 7) is 3.75. The van der Waals surface area contributed by atoms with Crippen molar-refractivity contribution in [3.8, 4) is 0 Å². The number of hydrogen-bond donors (Lipinski definition) is 2. The van der Waals surface area contributed by atoms with Crippen LogP contribution in [0.5, 0.6) is 0 Å². The average molecular weight is 246 g/mol. The van der Waals surface area contributed by atoms with E-state index in [1.54, 1.807) is 25.1 Å². The number of aryl methyl sites for hydroxylation is 1. The Morgan fingerprint density at radius 1 is 1.22 bits per heavy atom. The monoisotopic (exact) mass is 246 g/mol. The number of nitrogens with one attached hydrogen (secondary N) is 1. The third kappa shape index (κ3) is 2.94. The summed E-state index contributed by atoms with van der Waals surface area (Å²) in [6, 6.07) is 8.04. The predicted octanol–water partition coefficient (Wildman–Crippen LogP) is 2.68. The number of aromatic nitrogens is 2. The first-order valence-electron chi connectivity index (χ1n) is 5.68. The topological polar surface area (TPSA) is 63.8 Å². The molecule has 0 spiro atoms. The van der Waals surface area contributed by atoms with E-state index in [1.165, 1.54) is 12.1 Å². The molecule has 0 aliphatic rings. The lowest BCUT2D eigenvalue weighted by atomic mass is 10.1. The van der Waals surface area contributed by atoms with Crippen LogP contribution in [0.2, 0.25) is 0 Å². The van der Waals surface area contributed by atoms with Crippen molar-refractivity contribution in [3.63, 3.8) is 0 Å². The van der Waals surface area contributed by atoms with Gasteiger partial charge in [-0.1, -0.05) is 12.1 Å². The van der Waals surface area contributed by atoms with Gasteiger partial charge in [0.25, 0.3) is 0 Å². The van der Waals surface area contributed by atoms with Crippen molar-refractivity contribution in [1.82, 2.24) is 9.97 Å². The zero-order chi connectivity index (χ0) is 13.1. The Hall–Kier alpha value is -2.17. The highest BCUT2D eigenvalue weighted by Gasteiger charge is 2.07. The van der Waals surface area contributed by atoms with Crippen LogP contribution in [0.4, 0.5) is 16.0 Å². The molecule has 2 rings (SSSR count). The Morgan fingerprint density at radius 2 is 1.89 bits per heavy atom. The number of nitrogen functional groups attached to an aromatic ring is 1. The largest absolute Gasteiger partial charge is 0.384 e. The summed E-state index contributed by atoms with van der Waals surface area (Å²) in [5.41, 5.74) is 6.63. The van der Waals surface area contributed by atoms with Crippen molar-refractivity contribution in [1.29, 1.82) is 0 Å². The second kappa shape index (κ2) is 5.00. The van der Waals surface area contributed by atoms with E-state index < -0.39 is 0 Å². The molecule has 1 atom stereocenters. The molecule has 0 saturated carbocycles. The van der Waals surface area contributed by atoms with Crippen LogP contribution in [-0.2, 0) is 0 Å². The lowest BCUT2D eigenvalue weighted by Gasteiger charge is -2.15. The van der Waals surface area contributed by atoms with Gasteiger partial charge in [-0.05, 0) is 31.5 Å². The van der Waals surface area contributed by atoms with Crippen LogP contribution in [0, 0.1) is 12.7 Å². The zero-order valence-corrected chi connectivity index (χ0v) is 10.3. The minimum atomic E-state index is -0.243. The van der Waals surface area contributed by atoms with Crippen LogP contribution in [0.15, 0.2) is 30.3 Å². The standard InChI is InChI=1S/C13H15FN4/c1-8(10-3-5-11(14)6-4-10)16-13-7-12(15)17-9(2)18-13/h3-8H,1-2H3,(H3,15,16,17,18). The Balaban J connectivity index is 2.15. The second-order valence-electron chi connectivity index (χ2n) is 4.14. The minimum absolute atomic E-state index is 0.0132. The molecule has 0 aliphatic carbocycles. The molecule has 18 heavy (non-hydrogen) atoms. The van der Waals surface area contributed by atoms with Crippen molar-refractivity contribution in [3.05, 3.63) is 47.5 Å². The number of hydrogen-bond acceptors (Lipinski definition) is 4. The van der Waals surface area contributed by atoms with E-state index in [4.69, 9.17) is 5.73 Å². The zero-order valence-electron chi connectivity index (χ0n) is 10.3. The smallest absolute Gasteiger partial charge is 0.132 e. The highest BCUT2D eigenvalue weighted by atomic mass is 19.1. The molecule has 1 aromatic heterocycles. The average Bonchev–Trinajstić information content (AvgIpc) is 2.28. The highest BCUT2D eigenvalue weighted by Crippen LogP contribution is 2.19. The van der Waals surface area contributed by atoms with E-state index in [9.17, 15) is 4.39 Å². The van der Waals surface area contributed by atoms with Gasteiger partial charge in [-0.3, -0.25) is 0 Å². The number of nitrogens with two attached hydrogens (primary N) is 1. The van der Waals surface area contributed by atoms with E-state index in [2.05, 4.69) is 15.3 Å². The number of nitrogens with zero attached hydrogens (tertiary/aromatic N) is 2. The Labute approximate surface area is 105 Å². The van der Waals surface area contributed by atoms with Crippen LogP contribution in [0.1, 0.15) is 24.4 Å². The Morgan fingerprint density at radius 3 is 2.50 bits per heavy atom. The molecule has 5 heteroatoms. The van der Waals surface area contributed by atoms with Gasteiger partial charge in [-0.25, -0.2) is 14.4 Å². The van der Waals surface area contributed by atoms with Gasteiger partial charge in [-0.15, -0.1) is 0 Å². The maximum absolute atomic E-state index is 12.8. The molecular weight excluding hydrogens is 231 g/mol. The number of rotatable bonds is 3. The van der Waals surface area contributed by atoms with Gasteiger partial charge in [0.05, 0.1) is 0 Å². The minimum Gasteiger partial charge on any atom is -0.384 e. The van der Waals surface area contributed by atoms with Gasteiger partial charge < -0.3 is 11.1 Å². The molecule has 0 saturated heterocycles. The Bertz CT molecular complexity index is 519. The number of anilines is 2. The van der Waals surface area contributed by atoms with Gasteiger partial charge in [-0.2, -0.15) is 0 Å². The molecule has 0 bridgehead atoms. The highest BCUT2D eigenvalue weighted by molar-refractivity contribution is 5.46. The van der Waals surface area contributed by atoms with E-state index in [1.807, 2.05) is 6.92 Å². The molecule has 0 aliphatic heterocycles. The number of halogens is 1. The molecule has 1 aromatic carbocycles. The molecule has 0 amide bonds. The van der Waals surface area contributed by atoms with Gasteiger partial charge in [0, 0.05) is 12.1 Å². The van der Waals surface area contributed by atoms with Crippen LogP contribution >= 0.6 is 0 Å². The molecule has 1 unspecified atom stereocenters. The van der Waals surface area contributed by atoms with Crippen LogP contribution in [-0.4, -0.2) is 9.97 Å². The summed E-state index contributed by atoms with van der Waals surface area (Å²) in [5.74, 6) is 1.46. The third-order valence-corrected chi connectivity index (χ3v) is 2.59. The molecular formula is C13H15FN4. The summed E-state index contributed by atoms with van der Waals surface area (Å²) in [4.78, 5) is 8.24. The van der Waals surface area contributed by atoms with Gasteiger partial charge in [0.2, 0.25) is 0 Å².